The number of likely N-dealkylation sites (tertiary alicyclic amines) is 1. The van der Waals surface area contributed by atoms with Gasteiger partial charge in [-0.2, -0.15) is 5.26 Å². The zero-order valence-corrected chi connectivity index (χ0v) is 18.2. The predicted molar refractivity (Wildman–Crippen MR) is 118 cm³/mol. The number of halogens is 1. The van der Waals surface area contributed by atoms with Gasteiger partial charge in [0.1, 0.15) is 5.82 Å². The van der Waals surface area contributed by atoms with Crippen LogP contribution in [0.25, 0.3) is 0 Å². The molecule has 31 heavy (non-hydrogen) atoms. The molecule has 1 amide bonds. The average Bonchev–Trinajstić information content (AvgIpc) is 2.84. The van der Waals surface area contributed by atoms with Crippen LogP contribution in [0.4, 0.5) is 5.82 Å². The summed E-state index contributed by atoms with van der Waals surface area (Å²) in [5.41, 5.74) is 0.613. The van der Waals surface area contributed by atoms with Gasteiger partial charge in [-0.25, -0.2) is 9.97 Å². The molecular weight excluding hydrogens is 414 g/mol. The van der Waals surface area contributed by atoms with E-state index in [1.165, 1.54) is 0 Å². The molecule has 2 saturated heterocycles. The van der Waals surface area contributed by atoms with Crippen LogP contribution in [0, 0.1) is 23.2 Å². The Balaban J connectivity index is 1.21. The van der Waals surface area contributed by atoms with Gasteiger partial charge in [0.05, 0.1) is 23.3 Å². The number of ether oxygens (including phenoxy) is 1. The number of pyridine rings is 2. The predicted octanol–water partition coefficient (Wildman–Crippen LogP) is 3.54. The largest absolute Gasteiger partial charge is 0.477 e. The first-order valence-electron chi connectivity index (χ1n) is 10.8. The van der Waals surface area contributed by atoms with Crippen LogP contribution in [0.5, 0.6) is 5.88 Å². The van der Waals surface area contributed by atoms with Crippen molar-refractivity contribution in [2.75, 3.05) is 37.7 Å². The molecule has 0 aliphatic carbocycles. The van der Waals surface area contributed by atoms with Gasteiger partial charge in [0, 0.05) is 50.6 Å². The first kappa shape index (κ1) is 21.4. The van der Waals surface area contributed by atoms with Gasteiger partial charge in [0.25, 0.3) is 0 Å². The number of carbonyl (C=O) groups is 1. The Morgan fingerprint density at radius 3 is 2.58 bits per heavy atom. The second-order valence-electron chi connectivity index (χ2n) is 8.17. The molecule has 0 N–H and O–H groups in total. The van der Waals surface area contributed by atoms with Crippen LogP contribution >= 0.6 is 11.6 Å². The summed E-state index contributed by atoms with van der Waals surface area (Å²) >= 11 is 5.85. The molecule has 2 fully saturated rings. The van der Waals surface area contributed by atoms with Crippen molar-refractivity contribution in [3.63, 3.8) is 0 Å². The second kappa shape index (κ2) is 9.97. The first-order valence-corrected chi connectivity index (χ1v) is 11.1. The zero-order valence-electron chi connectivity index (χ0n) is 17.4. The molecule has 0 radical (unpaired) electrons. The maximum atomic E-state index is 13.0. The minimum Gasteiger partial charge on any atom is -0.477 e. The molecular formula is C23H26ClN5O2. The van der Waals surface area contributed by atoms with Crippen molar-refractivity contribution < 1.29 is 9.53 Å². The van der Waals surface area contributed by atoms with Gasteiger partial charge in [0.2, 0.25) is 11.8 Å². The third-order valence-electron chi connectivity index (χ3n) is 6.14. The van der Waals surface area contributed by atoms with Crippen molar-refractivity contribution >= 4 is 23.3 Å². The van der Waals surface area contributed by atoms with Crippen LogP contribution in [-0.2, 0) is 4.79 Å². The highest BCUT2D eigenvalue weighted by Crippen LogP contribution is 2.26. The molecule has 7 nitrogen and oxygen atoms in total. The smallest absolute Gasteiger partial charge is 0.225 e. The number of nitrogens with zero attached hydrogens (tertiary/aromatic N) is 5. The summed E-state index contributed by atoms with van der Waals surface area (Å²) in [4.78, 5) is 25.7. The van der Waals surface area contributed by atoms with Gasteiger partial charge in [0.15, 0.2) is 0 Å². The Morgan fingerprint density at radius 1 is 1.13 bits per heavy atom. The van der Waals surface area contributed by atoms with Crippen LogP contribution in [0.3, 0.4) is 0 Å². The summed E-state index contributed by atoms with van der Waals surface area (Å²) in [6.07, 6.45) is 6.79. The summed E-state index contributed by atoms with van der Waals surface area (Å²) < 4.78 is 5.78. The van der Waals surface area contributed by atoms with Gasteiger partial charge in [-0.05, 0) is 49.8 Å². The first-order chi connectivity index (χ1) is 15.1. The maximum absolute atomic E-state index is 13.0. The van der Waals surface area contributed by atoms with Crippen molar-refractivity contribution in [2.24, 2.45) is 11.8 Å². The minimum atomic E-state index is 0.0708. The van der Waals surface area contributed by atoms with E-state index in [0.29, 0.717) is 29.0 Å². The quantitative estimate of drug-likeness (QED) is 0.708. The standard InChI is InChI=1S/C23H26ClN5O2/c24-20-1-2-22(27-15-20)31-16-17-4-9-29(10-5-17)23(30)19-6-11-28(12-7-19)21-13-18(14-25)3-8-26-21/h1-3,8,13,15,17,19H,4-7,9-12,16H2. The molecule has 0 atom stereocenters. The summed E-state index contributed by atoms with van der Waals surface area (Å²) in [5.74, 6) is 2.19. The number of aromatic nitrogens is 2. The number of amides is 1. The van der Waals surface area contributed by atoms with Gasteiger partial charge < -0.3 is 14.5 Å². The molecule has 4 rings (SSSR count). The van der Waals surface area contributed by atoms with E-state index in [-0.39, 0.29) is 11.8 Å². The van der Waals surface area contributed by atoms with Gasteiger partial charge in [-0.1, -0.05) is 11.6 Å². The molecule has 8 heteroatoms. The molecule has 2 aromatic heterocycles. The van der Waals surface area contributed by atoms with E-state index in [2.05, 4.69) is 20.9 Å². The maximum Gasteiger partial charge on any atom is 0.225 e. The molecule has 0 spiro atoms. The Morgan fingerprint density at radius 2 is 1.90 bits per heavy atom. The van der Waals surface area contributed by atoms with E-state index < -0.39 is 0 Å². The molecule has 0 bridgehead atoms. The Labute approximate surface area is 187 Å². The Hall–Kier alpha value is -2.85. The van der Waals surface area contributed by atoms with Crippen molar-refractivity contribution in [1.82, 2.24) is 14.9 Å². The summed E-state index contributed by atoms with van der Waals surface area (Å²) in [5, 5.41) is 9.67. The second-order valence-corrected chi connectivity index (χ2v) is 8.61. The molecule has 0 unspecified atom stereocenters. The lowest BCUT2D eigenvalue weighted by molar-refractivity contribution is -0.137. The van der Waals surface area contributed by atoms with Crippen molar-refractivity contribution in [1.29, 1.82) is 5.26 Å². The van der Waals surface area contributed by atoms with E-state index in [0.717, 1.165) is 57.7 Å². The lowest BCUT2D eigenvalue weighted by Gasteiger charge is -2.37. The van der Waals surface area contributed by atoms with Crippen LogP contribution in [-0.4, -0.2) is 53.6 Å². The zero-order chi connectivity index (χ0) is 21.6. The Bertz CT molecular complexity index is 930. The molecule has 4 heterocycles. The summed E-state index contributed by atoms with van der Waals surface area (Å²) in [6.45, 7) is 3.76. The van der Waals surface area contributed by atoms with Crippen molar-refractivity contribution in [3.05, 3.63) is 47.2 Å². The normalized spacial score (nSPS) is 17.9. The summed E-state index contributed by atoms with van der Waals surface area (Å²) in [7, 11) is 0. The number of rotatable bonds is 5. The Kier molecular flexibility index (Phi) is 6.88. The van der Waals surface area contributed by atoms with E-state index in [1.807, 2.05) is 11.0 Å². The highest BCUT2D eigenvalue weighted by atomic mass is 35.5. The molecule has 162 valence electrons. The highest BCUT2D eigenvalue weighted by molar-refractivity contribution is 6.30. The van der Waals surface area contributed by atoms with Crippen LogP contribution < -0.4 is 9.64 Å². The van der Waals surface area contributed by atoms with E-state index >= 15 is 0 Å². The third kappa shape index (κ3) is 5.45. The van der Waals surface area contributed by atoms with E-state index in [9.17, 15) is 4.79 Å². The molecule has 2 aromatic rings. The summed E-state index contributed by atoms with van der Waals surface area (Å²) in [6, 6.07) is 9.23. The molecule has 0 aromatic carbocycles. The van der Waals surface area contributed by atoms with Crippen molar-refractivity contribution in [2.45, 2.75) is 25.7 Å². The fourth-order valence-electron chi connectivity index (χ4n) is 4.25. The van der Waals surface area contributed by atoms with Gasteiger partial charge >= 0.3 is 0 Å². The number of carbonyl (C=O) groups excluding carboxylic acids is 1. The van der Waals surface area contributed by atoms with E-state index in [4.69, 9.17) is 21.6 Å². The lowest BCUT2D eigenvalue weighted by Crippen LogP contribution is -2.46. The van der Waals surface area contributed by atoms with E-state index in [1.54, 1.807) is 30.6 Å². The van der Waals surface area contributed by atoms with Gasteiger partial charge in [-0.3, -0.25) is 4.79 Å². The van der Waals surface area contributed by atoms with Crippen molar-refractivity contribution in [3.8, 4) is 11.9 Å². The average molecular weight is 440 g/mol. The topological polar surface area (TPSA) is 82.4 Å². The molecule has 2 aliphatic heterocycles. The van der Waals surface area contributed by atoms with Crippen LogP contribution in [0.15, 0.2) is 36.7 Å². The number of hydrogen-bond acceptors (Lipinski definition) is 6. The lowest BCUT2D eigenvalue weighted by atomic mass is 9.92. The number of nitriles is 1. The van der Waals surface area contributed by atoms with Crippen LogP contribution in [0.1, 0.15) is 31.2 Å². The fraction of sp³-hybridized carbons (Fsp3) is 0.478. The number of anilines is 1. The monoisotopic (exact) mass is 439 g/mol. The molecule has 2 aliphatic rings. The number of hydrogen-bond donors (Lipinski definition) is 0. The van der Waals surface area contributed by atoms with Crippen LogP contribution in [0.2, 0.25) is 5.02 Å². The molecule has 0 saturated carbocycles. The SMILES string of the molecule is N#Cc1ccnc(N2CCC(C(=O)N3CCC(COc4ccc(Cl)cn4)CC3)CC2)c1. The van der Waals surface area contributed by atoms with Gasteiger partial charge in [-0.15, -0.1) is 0 Å². The highest BCUT2D eigenvalue weighted by Gasteiger charge is 2.31. The number of piperidine rings is 2. The third-order valence-corrected chi connectivity index (χ3v) is 6.36. The minimum absolute atomic E-state index is 0.0708. The fourth-order valence-corrected chi connectivity index (χ4v) is 4.36.